The lowest BCUT2D eigenvalue weighted by Gasteiger charge is -2.35. The molecule has 1 saturated carbocycles. The molecule has 0 aromatic carbocycles. The zero-order valence-corrected chi connectivity index (χ0v) is 11.2. The molecule has 1 saturated heterocycles. The molecule has 1 aliphatic heterocycles. The fraction of sp³-hybridized carbons (Fsp3) is 0.909. The number of nitrogens with one attached hydrogen (secondary N) is 1. The smallest absolute Gasteiger partial charge is 0.227 e. The number of hydrogen-bond acceptors (Lipinski definition) is 5. The molecule has 1 aliphatic carbocycles. The fourth-order valence-electron chi connectivity index (χ4n) is 2.36. The van der Waals surface area contributed by atoms with E-state index in [9.17, 15) is 8.42 Å². The van der Waals surface area contributed by atoms with Crippen LogP contribution in [-0.2, 0) is 19.5 Å². The highest BCUT2D eigenvalue weighted by atomic mass is 32.2. The highest BCUT2D eigenvalue weighted by molar-refractivity contribution is 7.90. The second kappa shape index (κ2) is 5.13. The van der Waals surface area contributed by atoms with Crippen molar-refractivity contribution in [2.45, 2.75) is 49.7 Å². The highest BCUT2D eigenvalue weighted by Gasteiger charge is 2.41. The zero-order chi connectivity index (χ0) is 13.2. The van der Waals surface area contributed by atoms with E-state index in [1.807, 2.05) is 0 Å². The zero-order valence-electron chi connectivity index (χ0n) is 10.4. The minimum atomic E-state index is -3.54. The molecule has 1 heterocycles. The molecular formula is C11H18N2O4S. The summed E-state index contributed by atoms with van der Waals surface area (Å²) in [5, 5.41) is 7.64. The molecule has 0 aromatic heterocycles. The number of sulfonamides is 1. The second-order valence-corrected chi connectivity index (χ2v) is 6.85. The second-order valence-electron chi connectivity index (χ2n) is 4.82. The van der Waals surface area contributed by atoms with E-state index in [0.29, 0.717) is 38.9 Å². The van der Waals surface area contributed by atoms with Gasteiger partial charge in [-0.1, -0.05) is 0 Å². The first kappa shape index (κ1) is 13.7. The van der Waals surface area contributed by atoms with Crippen molar-refractivity contribution in [2.75, 3.05) is 13.2 Å². The summed E-state index contributed by atoms with van der Waals surface area (Å²) >= 11 is 0. The largest absolute Gasteiger partial charge is 0.348 e. The molecule has 2 fully saturated rings. The predicted molar refractivity (Wildman–Crippen MR) is 64.0 cm³/mol. The van der Waals surface area contributed by atoms with Crippen molar-refractivity contribution < 1.29 is 17.9 Å². The lowest BCUT2D eigenvalue weighted by molar-refractivity contribution is -0.178. The quantitative estimate of drug-likeness (QED) is 0.809. The maximum absolute atomic E-state index is 11.7. The Morgan fingerprint density at radius 3 is 2.39 bits per heavy atom. The first-order valence-corrected chi connectivity index (χ1v) is 7.71. The number of nitriles is 1. The Balaban J connectivity index is 1.89. The van der Waals surface area contributed by atoms with Crippen molar-refractivity contribution in [1.29, 1.82) is 5.26 Å². The van der Waals surface area contributed by atoms with Gasteiger partial charge in [-0.2, -0.15) is 5.26 Å². The van der Waals surface area contributed by atoms with E-state index in [-0.39, 0.29) is 6.04 Å². The van der Waals surface area contributed by atoms with Gasteiger partial charge in [0.1, 0.15) is 0 Å². The van der Waals surface area contributed by atoms with Crippen molar-refractivity contribution in [1.82, 2.24) is 4.72 Å². The van der Waals surface area contributed by atoms with Crippen molar-refractivity contribution in [3.63, 3.8) is 0 Å². The summed E-state index contributed by atoms with van der Waals surface area (Å²) in [4.78, 5) is 0. The van der Waals surface area contributed by atoms with Crippen LogP contribution in [0.3, 0.4) is 0 Å². The van der Waals surface area contributed by atoms with Gasteiger partial charge >= 0.3 is 0 Å². The Kier molecular flexibility index (Phi) is 3.92. The lowest BCUT2D eigenvalue weighted by atomic mass is 9.91. The normalized spacial score (nSPS) is 26.0. The Bertz CT molecular complexity index is 426. The van der Waals surface area contributed by atoms with Gasteiger partial charge in [0, 0.05) is 18.9 Å². The Morgan fingerprint density at radius 1 is 1.33 bits per heavy atom. The van der Waals surface area contributed by atoms with Gasteiger partial charge in [0.2, 0.25) is 10.0 Å². The molecule has 0 radical (unpaired) electrons. The van der Waals surface area contributed by atoms with E-state index in [4.69, 9.17) is 14.7 Å². The molecular weight excluding hydrogens is 256 g/mol. The molecule has 0 amide bonds. The molecule has 1 atom stereocenters. The number of nitrogens with zero attached hydrogens (tertiary/aromatic N) is 1. The number of ether oxygens (including phenoxy) is 2. The predicted octanol–water partition coefficient (Wildman–Crippen LogP) is 0.504. The van der Waals surface area contributed by atoms with Crippen LogP contribution in [-0.4, -0.2) is 38.7 Å². The van der Waals surface area contributed by atoms with E-state index < -0.39 is 21.1 Å². The van der Waals surface area contributed by atoms with Crippen molar-refractivity contribution in [3.8, 4) is 6.07 Å². The molecule has 6 nitrogen and oxygen atoms in total. The van der Waals surface area contributed by atoms with Crippen LogP contribution < -0.4 is 4.72 Å². The molecule has 0 bridgehead atoms. The van der Waals surface area contributed by atoms with E-state index in [0.717, 1.165) is 0 Å². The van der Waals surface area contributed by atoms with Crippen molar-refractivity contribution in [2.24, 2.45) is 0 Å². The molecule has 102 valence electrons. The molecule has 1 spiro atoms. The van der Waals surface area contributed by atoms with Crippen LogP contribution in [0, 0.1) is 11.3 Å². The SMILES string of the molecule is CC(C#N)S(=O)(=O)NC1CCC2(CC1)OCCO2. The summed E-state index contributed by atoms with van der Waals surface area (Å²) in [6, 6.07) is 1.62. The Labute approximate surface area is 107 Å². The summed E-state index contributed by atoms with van der Waals surface area (Å²) in [6.45, 7) is 2.61. The van der Waals surface area contributed by atoms with Crippen LogP contribution in [0.5, 0.6) is 0 Å². The molecule has 1 N–H and O–H groups in total. The van der Waals surface area contributed by atoms with E-state index in [1.54, 1.807) is 6.07 Å². The standard InChI is InChI=1S/C11H18N2O4S/c1-9(8-12)18(14,15)13-10-2-4-11(5-3-10)16-6-7-17-11/h9-10,13H,2-7H2,1H3. The first-order chi connectivity index (χ1) is 8.47. The summed E-state index contributed by atoms with van der Waals surface area (Å²) in [7, 11) is -3.54. The minimum Gasteiger partial charge on any atom is -0.348 e. The maximum Gasteiger partial charge on any atom is 0.227 e. The molecule has 18 heavy (non-hydrogen) atoms. The topological polar surface area (TPSA) is 88.4 Å². The Morgan fingerprint density at radius 2 is 1.89 bits per heavy atom. The van der Waals surface area contributed by atoms with Crippen LogP contribution in [0.25, 0.3) is 0 Å². The van der Waals surface area contributed by atoms with Crippen LogP contribution >= 0.6 is 0 Å². The third kappa shape index (κ3) is 2.83. The van der Waals surface area contributed by atoms with Crippen LogP contribution in [0.2, 0.25) is 0 Å². The summed E-state index contributed by atoms with van der Waals surface area (Å²) in [5.74, 6) is -0.483. The van der Waals surface area contributed by atoms with Gasteiger partial charge in [-0.15, -0.1) is 0 Å². The van der Waals surface area contributed by atoms with E-state index >= 15 is 0 Å². The lowest BCUT2D eigenvalue weighted by Crippen LogP contribution is -2.45. The van der Waals surface area contributed by atoms with Gasteiger partial charge in [-0.25, -0.2) is 13.1 Å². The van der Waals surface area contributed by atoms with Gasteiger partial charge in [-0.3, -0.25) is 0 Å². The van der Waals surface area contributed by atoms with Crippen molar-refractivity contribution >= 4 is 10.0 Å². The van der Waals surface area contributed by atoms with Crippen LogP contribution in [0.1, 0.15) is 32.6 Å². The van der Waals surface area contributed by atoms with Crippen LogP contribution in [0.4, 0.5) is 0 Å². The molecule has 1 unspecified atom stereocenters. The average Bonchev–Trinajstić information content (AvgIpc) is 2.80. The van der Waals surface area contributed by atoms with Gasteiger partial charge in [-0.05, 0) is 19.8 Å². The van der Waals surface area contributed by atoms with Crippen LogP contribution in [0.15, 0.2) is 0 Å². The third-order valence-electron chi connectivity index (χ3n) is 3.54. The van der Waals surface area contributed by atoms with Gasteiger partial charge in [0.25, 0.3) is 0 Å². The Hall–Kier alpha value is -0.680. The number of hydrogen-bond donors (Lipinski definition) is 1. The van der Waals surface area contributed by atoms with E-state index in [1.165, 1.54) is 6.92 Å². The van der Waals surface area contributed by atoms with Crippen molar-refractivity contribution in [3.05, 3.63) is 0 Å². The number of rotatable bonds is 3. The maximum atomic E-state index is 11.7. The molecule has 2 rings (SSSR count). The van der Waals surface area contributed by atoms with E-state index in [2.05, 4.69) is 4.72 Å². The molecule has 2 aliphatic rings. The highest BCUT2D eigenvalue weighted by Crippen LogP contribution is 2.35. The molecule has 0 aromatic rings. The first-order valence-electron chi connectivity index (χ1n) is 6.16. The summed E-state index contributed by atoms with van der Waals surface area (Å²) < 4.78 is 37.2. The average molecular weight is 274 g/mol. The third-order valence-corrected chi connectivity index (χ3v) is 5.24. The molecule has 7 heteroatoms. The van der Waals surface area contributed by atoms with Gasteiger partial charge < -0.3 is 9.47 Å². The summed E-state index contributed by atoms with van der Waals surface area (Å²) in [5.41, 5.74) is 0. The summed E-state index contributed by atoms with van der Waals surface area (Å²) in [6.07, 6.45) is 2.75. The monoisotopic (exact) mass is 274 g/mol. The minimum absolute atomic E-state index is 0.121. The fourth-order valence-corrected chi connectivity index (χ4v) is 3.41. The van der Waals surface area contributed by atoms with Gasteiger partial charge in [0.15, 0.2) is 11.0 Å². The van der Waals surface area contributed by atoms with Gasteiger partial charge in [0.05, 0.1) is 19.3 Å².